The van der Waals surface area contributed by atoms with Crippen LogP contribution in [0.1, 0.15) is 5.56 Å². The molecule has 0 saturated heterocycles. The molecule has 0 fully saturated rings. The quantitative estimate of drug-likeness (QED) is 0.717. The Labute approximate surface area is 115 Å². The molecule has 0 unspecified atom stereocenters. The molecule has 19 heavy (non-hydrogen) atoms. The monoisotopic (exact) mass is 272 g/mol. The molecule has 1 aromatic heterocycles. The molecule has 4 heteroatoms. The van der Waals surface area contributed by atoms with Crippen LogP contribution in [0.3, 0.4) is 0 Å². The van der Waals surface area contributed by atoms with E-state index in [1.807, 2.05) is 42.5 Å². The van der Waals surface area contributed by atoms with Crippen LogP contribution in [0.4, 0.5) is 0 Å². The van der Waals surface area contributed by atoms with Gasteiger partial charge in [-0.3, -0.25) is 4.79 Å². The summed E-state index contributed by atoms with van der Waals surface area (Å²) in [6.07, 6.45) is 0.397. The zero-order valence-corrected chi connectivity index (χ0v) is 10.9. The molecule has 96 valence electrons. The Bertz CT molecular complexity index is 760. The molecule has 0 aliphatic rings. The van der Waals surface area contributed by atoms with Gasteiger partial charge in [0, 0.05) is 10.8 Å². The van der Waals surface area contributed by atoms with Gasteiger partial charge in [0.15, 0.2) is 0 Å². The Hall–Kier alpha value is -1.94. The molecule has 3 nitrogen and oxygen atoms in total. The van der Waals surface area contributed by atoms with Gasteiger partial charge in [0.2, 0.25) is 0 Å². The first-order valence-corrected chi connectivity index (χ1v) is 6.48. The van der Waals surface area contributed by atoms with Crippen LogP contribution in [0.2, 0.25) is 0 Å². The molecule has 3 aromatic rings. The van der Waals surface area contributed by atoms with Crippen molar-refractivity contribution in [3.8, 4) is 0 Å². The van der Waals surface area contributed by atoms with Crippen molar-refractivity contribution in [1.82, 2.24) is 0 Å². The third-order valence-corrected chi connectivity index (χ3v) is 3.56. The fourth-order valence-electron chi connectivity index (χ4n) is 2.21. The lowest BCUT2D eigenvalue weighted by atomic mass is 10.1. The number of carbonyl (C=O) groups is 1. The van der Waals surface area contributed by atoms with Gasteiger partial charge >= 0.3 is 5.97 Å². The fraction of sp³-hybridized carbons (Fsp3) is 0.133. The first-order chi connectivity index (χ1) is 9.15. The lowest BCUT2D eigenvalue weighted by Gasteiger charge is -2.05. The maximum Gasteiger partial charge on any atom is 0.316 e. The fourth-order valence-corrected chi connectivity index (χ4v) is 2.42. The average Bonchev–Trinajstić information content (AvgIpc) is 2.76. The minimum atomic E-state index is -0.902. The van der Waals surface area contributed by atoms with Crippen LogP contribution in [0.5, 0.6) is 0 Å². The predicted molar refractivity (Wildman–Crippen MR) is 77.8 cm³/mol. The van der Waals surface area contributed by atoms with Gasteiger partial charge in [-0.25, -0.2) is 0 Å². The van der Waals surface area contributed by atoms with Gasteiger partial charge in [-0.1, -0.05) is 24.3 Å². The van der Waals surface area contributed by atoms with E-state index in [1.165, 1.54) is 0 Å². The number of hydrogen-bond acceptors (Lipinski definition) is 3. The maximum atomic E-state index is 10.8. The highest BCUT2D eigenvalue weighted by molar-refractivity contribution is 7.81. The number of aliphatic carboxylic acids is 1. The van der Waals surface area contributed by atoms with Crippen LogP contribution in [-0.2, 0) is 11.2 Å². The van der Waals surface area contributed by atoms with Crippen molar-refractivity contribution in [2.45, 2.75) is 11.7 Å². The van der Waals surface area contributed by atoms with Gasteiger partial charge in [-0.05, 0) is 30.2 Å². The number of rotatable bonds is 3. The van der Waals surface area contributed by atoms with Gasteiger partial charge in [0.05, 0.1) is 0 Å². The summed E-state index contributed by atoms with van der Waals surface area (Å²) in [5, 5.41) is 10.3. The zero-order chi connectivity index (χ0) is 13.4. The van der Waals surface area contributed by atoms with Gasteiger partial charge in [-0.2, -0.15) is 12.6 Å². The number of para-hydroxylation sites is 1. The first-order valence-electron chi connectivity index (χ1n) is 5.96. The van der Waals surface area contributed by atoms with Crippen molar-refractivity contribution in [1.29, 1.82) is 0 Å². The molecule has 1 atom stereocenters. The van der Waals surface area contributed by atoms with E-state index in [1.54, 1.807) is 0 Å². The molecule has 0 saturated carbocycles. The van der Waals surface area contributed by atoms with E-state index in [0.717, 1.165) is 27.5 Å². The maximum absolute atomic E-state index is 10.8. The van der Waals surface area contributed by atoms with Crippen LogP contribution in [0.25, 0.3) is 21.9 Å². The summed E-state index contributed by atoms with van der Waals surface area (Å²) in [6, 6.07) is 13.6. The Morgan fingerprint density at radius 1 is 1.16 bits per heavy atom. The lowest BCUT2D eigenvalue weighted by molar-refractivity contribution is -0.136. The molecule has 0 amide bonds. The van der Waals surface area contributed by atoms with Crippen LogP contribution in [-0.4, -0.2) is 16.3 Å². The van der Waals surface area contributed by atoms with Crippen LogP contribution >= 0.6 is 12.6 Å². The van der Waals surface area contributed by atoms with Crippen molar-refractivity contribution in [2.24, 2.45) is 0 Å². The van der Waals surface area contributed by atoms with Gasteiger partial charge < -0.3 is 9.52 Å². The van der Waals surface area contributed by atoms with Crippen molar-refractivity contribution in [3.63, 3.8) is 0 Å². The standard InChI is InChI=1S/C15H12O3S/c16-15(17)14(19)8-9-5-6-13-11(7-9)10-3-1-2-4-12(10)18-13/h1-7,14,19H,8H2,(H,16,17)/t14-/m1/s1. The highest BCUT2D eigenvalue weighted by Gasteiger charge is 2.14. The smallest absolute Gasteiger partial charge is 0.316 e. The van der Waals surface area contributed by atoms with Crippen LogP contribution in [0.15, 0.2) is 46.9 Å². The van der Waals surface area contributed by atoms with E-state index >= 15 is 0 Å². The van der Waals surface area contributed by atoms with E-state index in [4.69, 9.17) is 9.52 Å². The van der Waals surface area contributed by atoms with Gasteiger partial charge in [0.1, 0.15) is 16.4 Å². The minimum Gasteiger partial charge on any atom is -0.480 e. The predicted octanol–water partition coefficient (Wildman–Crippen LogP) is 3.51. The number of benzene rings is 2. The lowest BCUT2D eigenvalue weighted by Crippen LogP contribution is -2.15. The van der Waals surface area contributed by atoms with Crippen molar-refractivity contribution < 1.29 is 14.3 Å². The van der Waals surface area contributed by atoms with Crippen LogP contribution in [0, 0.1) is 0 Å². The summed E-state index contributed by atoms with van der Waals surface area (Å²) in [4.78, 5) is 10.8. The Kier molecular flexibility index (Phi) is 2.95. The normalized spacial score (nSPS) is 12.9. The number of carboxylic acid groups (broad SMARTS) is 1. The zero-order valence-electron chi connectivity index (χ0n) is 10.0. The number of furan rings is 1. The molecular weight excluding hydrogens is 260 g/mol. The van der Waals surface area contributed by atoms with E-state index in [9.17, 15) is 4.79 Å². The molecule has 1 N–H and O–H groups in total. The van der Waals surface area contributed by atoms with E-state index < -0.39 is 11.2 Å². The molecule has 1 heterocycles. The summed E-state index contributed by atoms with van der Waals surface area (Å²) in [7, 11) is 0. The second kappa shape index (κ2) is 4.63. The summed E-state index contributed by atoms with van der Waals surface area (Å²) in [5.41, 5.74) is 2.60. The van der Waals surface area contributed by atoms with Gasteiger partial charge in [-0.15, -0.1) is 0 Å². The average molecular weight is 272 g/mol. The molecule has 0 aliphatic carbocycles. The molecule has 0 radical (unpaired) electrons. The largest absolute Gasteiger partial charge is 0.480 e. The number of hydrogen-bond donors (Lipinski definition) is 2. The number of fused-ring (bicyclic) bond motifs is 3. The SMILES string of the molecule is O=C(O)[C@H](S)Cc1ccc2oc3ccccc3c2c1. The van der Waals surface area contributed by atoms with Crippen molar-refractivity contribution >= 4 is 40.5 Å². The number of thiol groups is 1. The Balaban J connectivity index is 2.09. The van der Waals surface area contributed by atoms with Crippen molar-refractivity contribution in [3.05, 3.63) is 48.0 Å². The van der Waals surface area contributed by atoms with E-state index in [2.05, 4.69) is 12.6 Å². The summed E-state index contributed by atoms with van der Waals surface area (Å²) >= 11 is 4.07. The van der Waals surface area contributed by atoms with Gasteiger partial charge in [0.25, 0.3) is 0 Å². The van der Waals surface area contributed by atoms with Crippen molar-refractivity contribution in [2.75, 3.05) is 0 Å². The second-order valence-corrected chi connectivity index (χ2v) is 5.11. The highest BCUT2D eigenvalue weighted by atomic mass is 32.1. The molecule has 0 spiro atoms. The molecule has 3 rings (SSSR count). The van der Waals surface area contributed by atoms with E-state index in [-0.39, 0.29) is 0 Å². The summed E-state index contributed by atoms with van der Waals surface area (Å²) < 4.78 is 5.72. The second-order valence-electron chi connectivity index (χ2n) is 4.49. The summed E-state index contributed by atoms with van der Waals surface area (Å²) in [5.74, 6) is -0.902. The molecular formula is C15H12O3S. The third-order valence-electron chi connectivity index (χ3n) is 3.16. The number of carboxylic acids is 1. The minimum absolute atomic E-state index is 0.397. The highest BCUT2D eigenvalue weighted by Crippen LogP contribution is 2.29. The Morgan fingerprint density at radius 3 is 2.68 bits per heavy atom. The molecule has 0 aliphatic heterocycles. The van der Waals surface area contributed by atoms with Crippen LogP contribution < -0.4 is 0 Å². The first kappa shape index (κ1) is 12.1. The van der Waals surface area contributed by atoms with E-state index in [0.29, 0.717) is 6.42 Å². The summed E-state index contributed by atoms with van der Waals surface area (Å²) in [6.45, 7) is 0. The molecule has 2 aromatic carbocycles. The third kappa shape index (κ3) is 2.19. The Morgan fingerprint density at radius 2 is 1.89 bits per heavy atom. The topological polar surface area (TPSA) is 50.4 Å². The molecule has 0 bridgehead atoms.